The van der Waals surface area contributed by atoms with Gasteiger partial charge in [0.25, 0.3) is 0 Å². The van der Waals surface area contributed by atoms with E-state index in [9.17, 15) is 9.36 Å². The number of hydrogen-bond acceptors (Lipinski definition) is 2. The van der Waals surface area contributed by atoms with Crippen molar-refractivity contribution in [3.63, 3.8) is 0 Å². The molecule has 4 nitrogen and oxygen atoms in total. The Labute approximate surface area is 53.5 Å². The molecule has 0 aromatic carbocycles. The Hall–Kier alpha value is -0.340. The molecule has 0 saturated heterocycles. The Morgan fingerprint density at radius 3 is 2.33 bits per heavy atom. The Balaban J connectivity index is 3.53. The van der Waals surface area contributed by atoms with Crippen LogP contribution in [0, 0.1) is 0 Å². The molecular formula is C4H10NO3P. The van der Waals surface area contributed by atoms with Crippen molar-refractivity contribution in [2.45, 2.75) is 6.42 Å². The lowest BCUT2D eigenvalue weighted by Gasteiger charge is -2.00. The number of primary amides is 1. The van der Waals surface area contributed by atoms with Crippen LogP contribution in [0.1, 0.15) is 6.42 Å². The van der Waals surface area contributed by atoms with Crippen LogP contribution in [0.2, 0.25) is 0 Å². The lowest BCUT2D eigenvalue weighted by atomic mass is 10.5. The van der Waals surface area contributed by atoms with Gasteiger partial charge in [-0.2, -0.15) is 0 Å². The van der Waals surface area contributed by atoms with Gasteiger partial charge in [-0.3, -0.25) is 9.36 Å². The molecule has 0 aliphatic carbocycles. The third-order valence-electron chi connectivity index (χ3n) is 0.773. The van der Waals surface area contributed by atoms with Gasteiger partial charge in [0.05, 0.1) is 0 Å². The van der Waals surface area contributed by atoms with Crippen LogP contribution in [0.5, 0.6) is 0 Å². The summed E-state index contributed by atoms with van der Waals surface area (Å²) < 4.78 is 10.5. The van der Waals surface area contributed by atoms with Crippen LogP contribution in [0.25, 0.3) is 0 Å². The minimum atomic E-state index is -3.02. The molecule has 0 aliphatic heterocycles. The maximum Gasteiger partial charge on any atom is 0.217 e. The molecule has 0 bridgehead atoms. The van der Waals surface area contributed by atoms with Gasteiger partial charge in [0.15, 0.2) is 7.37 Å². The van der Waals surface area contributed by atoms with E-state index < -0.39 is 13.3 Å². The van der Waals surface area contributed by atoms with Crippen LogP contribution in [0.4, 0.5) is 0 Å². The summed E-state index contributed by atoms with van der Waals surface area (Å²) in [4.78, 5) is 18.7. The van der Waals surface area contributed by atoms with Gasteiger partial charge in [-0.1, -0.05) is 0 Å². The normalized spacial score (nSPS) is 16.7. The summed E-state index contributed by atoms with van der Waals surface area (Å²) in [6.07, 6.45) is -0.0212. The van der Waals surface area contributed by atoms with Crippen molar-refractivity contribution in [2.24, 2.45) is 5.73 Å². The number of carbonyl (C=O) groups is 1. The standard InChI is InChI=1S/C4H10NO3P/c1-9(7,8)3-2-4(5)6/h2-3H2,1H3,(H2,5,6)(H,7,8). The zero-order valence-corrected chi connectivity index (χ0v) is 6.10. The predicted molar refractivity (Wildman–Crippen MR) is 34.4 cm³/mol. The summed E-state index contributed by atoms with van der Waals surface area (Å²) in [5, 5.41) is 0. The van der Waals surface area contributed by atoms with Gasteiger partial charge < -0.3 is 10.6 Å². The van der Waals surface area contributed by atoms with Gasteiger partial charge >= 0.3 is 0 Å². The van der Waals surface area contributed by atoms with Crippen molar-refractivity contribution in [3.8, 4) is 0 Å². The van der Waals surface area contributed by atoms with E-state index in [0.29, 0.717) is 0 Å². The van der Waals surface area contributed by atoms with Gasteiger partial charge in [-0.05, 0) is 0 Å². The van der Waals surface area contributed by atoms with Crippen molar-refractivity contribution in [3.05, 3.63) is 0 Å². The molecule has 0 aromatic rings. The Kier molecular flexibility index (Phi) is 2.88. The maximum absolute atomic E-state index is 10.5. The van der Waals surface area contributed by atoms with E-state index >= 15 is 0 Å². The fraction of sp³-hybridized carbons (Fsp3) is 0.750. The third kappa shape index (κ3) is 7.66. The molecule has 1 unspecified atom stereocenters. The first-order chi connectivity index (χ1) is 3.92. The van der Waals surface area contributed by atoms with Crippen molar-refractivity contribution in [2.75, 3.05) is 12.8 Å². The van der Waals surface area contributed by atoms with Gasteiger partial charge in [0.1, 0.15) is 0 Å². The monoisotopic (exact) mass is 151 g/mol. The van der Waals surface area contributed by atoms with Crippen LogP contribution in [0.3, 0.4) is 0 Å². The summed E-state index contributed by atoms with van der Waals surface area (Å²) in [5.74, 6) is -0.536. The minimum absolute atomic E-state index is 0.00965. The highest BCUT2D eigenvalue weighted by Crippen LogP contribution is 2.35. The second-order valence-corrected chi connectivity index (χ2v) is 4.54. The molecular weight excluding hydrogens is 141 g/mol. The van der Waals surface area contributed by atoms with E-state index in [-0.39, 0.29) is 12.6 Å². The Morgan fingerprint density at radius 1 is 1.78 bits per heavy atom. The van der Waals surface area contributed by atoms with Gasteiger partial charge in [0, 0.05) is 19.2 Å². The molecule has 0 heterocycles. The molecule has 54 valence electrons. The van der Waals surface area contributed by atoms with Crippen LogP contribution in [0.15, 0.2) is 0 Å². The van der Waals surface area contributed by atoms with Crippen LogP contribution in [-0.2, 0) is 9.36 Å². The lowest BCUT2D eigenvalue weighted by molar-refractivity contribution is -0.117. The second kappa shape index (κ2) is 2.99. The number of carbonyl (C=O) groups excluding carboxylic acids is 1. The zero-order valence-electron chi connectivity index (χ0n) is 5.20. The molecule has 0 spiro atoms. The highest BCUT2D eigenvalue weighted by Gasteiger charge is 2.09. The summed E-state index contributed by atoms with van der Waals surface area (Å²) in [6.45, 7) is 1.20. The SMILES string of the molecule is CP(=O)(O)CCC(N)=O. The zero-order chi connectivity index (χ0) is 7.49. The molecule has 1 atom stereocenters. The molecule has 3 N–H and O–H groups in total. The van der Waals surface area contributed by atoms with Crippen molar-refractivity contribution in [1.29, 1.82) is 0 Å². The first kappa shape index (κ1) is 8.66. The topological polar surface area (TPSA) is 80.4 Å². The van der Waals surface area contributed by atoms with E-state index in [1.54, 1.807) is 0 Å². The third-order valence-corrected chi connectivity index (χ3v) is 1.83. The Bertz CT molecular complexity index is 150. The molecule has 5 heteroatoms. The van der Waals surface area contributed by atoms with Crippen molar-refractivity contribution >= 4 is 13.3 Å². The minimum Gasteiger partial charge on any atom is -0.370 e. The fourth-order valence-electron chi connectivity index (χ4n) is 0.318. The molecule has 0 aliphatic rings. The predicted octanol–water partition coefficient (Wildman–Crippen LogP) is -0.238. The first-order valence-corrected chi connectivity index (χ1v) is 4.78. The first-order valence-electron chi connectivity index (χ1n) is 2.49. The molecule has 0 radical (unpaired) electrons. The highest BCUT2D eigenvalue weighted by atomic mass is 31.2. The summed E-state index contributed by atoms with van der Waals surface area (Å²) in [7, 11) is -3.02. The summed E-state index contributed by atoms with van der Waals surface area (Å²) in [6, 6.07) is 0. The number of nitrogens with two attached hydrogens (primary N) is 1. The van der Waals surface area contributed by atoms with Gasteiger partial charge in [0.2, 0.25) is 5.91 Å². The number of amides is 1. The smallest absolute Gasteiger partial charge is 0.217 e. The average Bonchev–Trinajstić information content (AvgIpc) is 1.59. The van der Waals surface area contributed by atoms with E-state index in [4.69, 9.17) is 10.6 Å². The summed E-state index contributed by atoms with van der Waals surface area (Å²) >= 11 is 0. The number of hydrogen-bond donors (Lipinski definition) is 2. The summed E-state index contributed by atoms with van der Waals surface area (Å²) in [5.41, 5.74) is 4.73. The van der Waals surface area contributed by atoms with Gasteiger partial charge in [-0.25, -0.2) is 0 Å². The van der Waals surface area contributed by atoms with E-state index in [2.05, 4.69) is 0 Å². The van der Waals surface area contributed by atoms with Crippen LogP contribution in [-0.4, -0.2) is 23.6 Å². The van der Waals surface area contributed by atoms with E-state index in [1.165, 1.54) is 6.66 Å². The average molecular weight is 151 g/mol. The van der Waals surface area contributed by atoms with Crippen LogP contribution >= 0.6 is 7.37 Å². The van der Waals surface area contributed by atoms with Crippen molar-refractivity contribution < 1.29 is 14.3 Å². The maximum atomic E-state index is 10.5. The van der Waals surface area contributed by atoms with E-state index in [1.807, 2.05) is 0 Å². The molecule has 1 amide bonds. The number of rotatable bonds is 3. The van der Waals surface area contributed by atoms with E-state index in [0.717, 1.165) is 0 Å². The quantitative estimate of drug-likeness (QED) is 0.546. The van der Waals surface area contributed by atoms with Crippen LogP contribution < -0.4 is 5.73 Å². The molecule has 0 aromatic heterocycles. The fourth-order valence-corrected chi connectivity index (χ4v) is 0.953. The second-order valence-electron chi connectivity index (χ2n) is 1.99. The molecule has 0 saturated carbocycles. The highest BCUT2D eigenvalue weighted by molar-refractivity contribution is 7.57. The Morgan fingerprint density at radius 2 is 2.22 bits per heavy atom. The van der Waals surface area contributed by atoms with Crippen molar-refractivity contribution in [1.82, 2.24) is 0 Å². The molecule has 9 heavy (non-hydrogen) atoms. The molecule has 0 fully saturated rings. The largest absolute Gasteiger partial charge is 0.370 e. The molecule has 0 rings (SSSR count). The van der Waals surface area contributed by atoms with Gasteiger partial charge in [-0.15, -0.1) is 0 Å². The lowest BCUT2D eigenvalue weighted by Crippen LogP contribution is -2.11.